The number of benzene rings is 1. The molecule has 2 aliphatic rings. The minimum atomic E-state index is -5.85. The van der Waals surface area contributed by atoms with Crippen LogP contribution in [0.5, 0.6) is 0 Å². The van der Waals surface area contributed by atoms with Crippen LogP contribution in [0.15, 0.2) is 24.4 Å². The molecule has 0 aliphatic carbocycles. The minimum absolute atomic E-state index is 0.00753. The van der Waals surface area contributed by atoms with Crippen LogP contribution in [0.2, 0.25) is 0 Å². The molecule has 4 atom stereocenters. The first kappa shape index (κ1) is 23.1. The van der Waals surface area contributed by atoms with E-state index in [1.807, 2.05) is 0 Å². The van der Waals surface area contributed by atoms with Gasteiger partial charge in [0.1, 0.15) is 17.7 Å². The highest BCUT2D eigenvalue weighted by atomic mass is 32.2. The molecule has 1 aromatic heterocycles. The van der Waals surface area contributed by atoms with Crippen molar-refractivity contribution in [3.8, 4) is 0 Å². The highest BCUT2D eigenvalue weighted by Crippen LogP contribution is 2.45. The summed E-state index contributed by atoms with van der Waals surface area (Å²) in [7, 11) is -3.91. The molecule has 4 rings (SSSR count). The Kier molecular flexibility index (Phi) is 5.75. The Morgan fingerprint density at radius 3 is 2.45 bits per heavy atom. The summed E-state index contributed by atoms with van der Waals surface area (Å²) in [5, 5.41) is 13.9. The molecule has 0 bridgehead atoms. The van der Waals surface area contributed by atoms with Gasteiger partial charge in [-0.1, -0.05) is 0 Å². The zero-order valence-corrected chi connectivity index (χ0v) is 21.4. The molecule has 38 heavy (non-hydrogen) atoms. The predicted octanol–water partition coefficient (Wildman–Crippen LogP) is 3.89. The van der Waals surface area contributed by atoms with Crippen LogP contribution < -0.4 is 0 Å². The van der Waals surface area contributed by atoms with Crippen LogP contribution >= 0.6 is 0 Å². The number of amides is 1. The van der Waals surface area contributed by atoms with Crippen molar-refractivity contribution in [1.82, 2.24) is 19.0 Å². The third-order valence-electron chi connectivity index (χ3n) is 5.97. The molecular weight excluding hydrogens is 539 g/mol. The largest absolute Gasteiger partial charge is 0.465 e. The Labute approximate surface area is 221 Å². The highest BCUT2D eigenvalue weighted by molar-refractivity contribution is 7.89. The summed E-state index contributed by atoms with van der Waals surface area (Å²) < 4.78 is 139. The number of carboxylic acid groups (broad SMARTS) is 1. The first-order valence-electron chi connectivity index (χ1n) is 13.1. The summed E-state index contributed by atoms with van der Waals surface area (Å²) in [5.41, 5.74) is -2.71. The second-order valence-corrected chi connectivity index (χ2v) is 11.7. The average Bonchev–Trinajstić information content (AvgIpc) is 3.39. The summed E-state index contributed by atoms with van der Waals surface area (Å²) >= 11 is 0. The predicted molar refractivity (Wildman–Crippen MR) is 124 cm³/mol. The molecule has 0 saturated carbocycles. The summed E-state index contributed by atoms with van der Waals surface area (Å²) in [6, 6.07) is -4.67. The third-order valence-corrected chi connectivity index (χ3v) is 6.84. The number of aromatic nitrogens is 2. The van der Waals surface area contributed by atoms with Crippen LogP contribution in [-0.2, 0) is 27.8 Å². The summed E-state index contributed by atoms with van der Waals surface area (Å²) in [4.78, 5) is 13.5. The Hall–Kier alpha value is -2.78. The second-order valence-electron chi connectivity index (χ2n) is 9.88. The van der Waals surface area contributed by atoms with Crippen molar-refractivity contribution in [3.05, 3.63) is 52.9 Å². The van der Waals surface area contributed by atoms with E-state index in [1.54, 1.807) is 0 Å². The van der Waals surface area contributed by atoms with Gasteiger partial charge >= 0.3 is 12.3 Å². The molecule has 3 heterocycles. The van der Waals surface area contributed by atoms with E-state index < -0.39 is 88.7 Å². The fraction of sp³-hybridized carbons (Fsp3) is 0.565. The third kappa shape index (κ3) is 5.36. The first-order chi connectivity index (χ1) is 18.9. The van der Waals surface area contributed by atoms with Crippen molar-refractivity contribution in [1.29, 1.82) is 0 Å². The zero-order valence-electron chi connectivity index (χ0n) is 24.5. The van der Waals surface area contributed by atoms with Crippen LogP contribution in [0.25, 0.3) is 0 Å². The van der Waals surface area contributed by atoms with Gasteiger partial charge in [-0.25, -0.2) is 22.0 Å². The van der Waals surface area contributed by atoms with E-state index in [-0.39, 0.29) is 11.3 Å². The Morgan fingerprint density at radius 2 is 1.92 bits per heavy atom. The van der Waals surface area contributed by atoms with E-state index in [4.69, 9.17) is 10.2 Å². The van der Waals surface area contributed by atoms with Gasteiger partial charge in [-0.05, 0) is 45.3 Å². The molecule has 15 heteroatoms. The van der Waals surface area contributed by atoms with Crippen molar-refractivity contribution in [3.63, 3.8) is 0 Å². The van der Waals surface area contributed by atoms with Crippen molar-refractivity contribution >= 4 is 16.1 Å². The number of fused-ring (bicyclic) bond motifs is 1. The van der Waals surface area contributed by atoms with Gasteiger partial charge in [0.25, 0.3) is 10.0 Å². The van der Waals surface area contributed by atoms with Crippen LogP contribution in [-0.4, -0.2) is 74.7 Å². The van der Waals surface area contributed by atoms with E-state index in [0.717, 1.165) is 12.5 Å². The Balaban J connectivity index is 2.00. The molecule has 1 fully saturated rings. The molecule has 1 amide bonds. The average molecular weight is 571 g/mol. The van der Waals surface area contributed by atoms with Gasteiger partial charge in [-0.3, -0.25) is 9.80 Å². The number of hydrogen-bond donors (Lipinski definition) is 1. The maximum absolute atomic E-state index is 15.1. The summed E-state index contributed by atoms with van der Waals surface area (Å²) in [5.74, 6) is -2.52. The van der Waals surface area contributed by atoms with Gasteiger partial charge in [0.2, 0.25) is 0 Å². The normalized spacial score (nSPS) is 31.6. The van der Waals surface area contributed by atoms with Gasteiger partial charge < -0.3 is 9.84 Å². The standard InChI is InChI=1S/C23H27F5N4O5S/c1-22(2,3)32(21(33)34)17-8-18(30-9-12-10-31(38(4,35)36)29-16(12)11-30)20(23(26,27)28)37-19(17)14-7-13(24)5-6-15(14)25/h5-7,10,17-20H,8-9,11H2,1-4H3,(H,33,34)/t17-,18?,19+,20?/m0/s1/i8D2,18D,20D. The van der Waals surface area contributed by atoms with Crippen LogP contribution in [0.1, 0.15) is 55.6 Å². The molecule has 210 valence electrons. The molecule has 1 aromatic carbocycles. The SMILES string of the molecule is [2H]C1([2H])[C@H](N(C(=O)O)C(C)(C)C)[C@@H](c2cc(F)ccc2F)OC([2H])(C(F)(F)F)C1([2H])N1Cc2cn(S(C)(=O)=O)nc2C1. The van der Waals surface area contributed by atoms with Crippen LogP contribution in [0, 0.1) is 11.6 Å². The molecule has 2 aliphatic heterocycles. The summed E-state index contributed by atoms with van der Waals surface area (Å²) in [6.45, 7) is 2.35. The number of alkyl halides is 3. The number of halogens is 5. The maximum Gasteiger partial charge on any atom is 0.416 e. The van der Waals surface area contributed by atoms with Crippen molar-refractivity contribution < 1.29 is 50.5 Å². The molecule has 0 spiro atoms. The van der Waals surface area contributed by atoms with Gasteiger partial charge in [-0.2, -0.15) is 22.4 Å². The van der Waals surface area contributed by atoms with Crippen LogP contribution in [0.4, 0.5) is 26.7 Å². The lowest BCUT2D eigenvalue weighted by molar-refractivity contribution is -0.277. The Morgan fingerprint density at radius 1 is 1.26 bits per heavy atom. The zero-order chi connectivity index (χ0) is 32.0. The smallest absolute Gasteiger partial charge is 0.416 e. The van der Waals surface area contributed by atoms with Gasteiger partial charge in [0.15, 0.2) is 6.08 Å². The number of carbonyl (C=O) groups is 1. The van der Waals surface area contributed by atoms with Crippen molar-refractivity contribution in [2.45, 2.75) is 76.2 Å². The molecular formula is C23H27F5N4O5S. The van der Waals surface area contributed by atoms with Gasteiger partial charge in [0, 0.05) is 46.1 Å². The topological polar surface area (TPSA) is 105 Å². The van der Waals surface area contributed by atoms with Gasteiger partial charge in [-0.15, -0.1) is 0 Å². The van der Waals surface area contributed by atoms with E-state index >= 15 is 4.39 Å². The quantitative estimate of drug-likeness (QED) is 0.556. The first-order valence-corrected chi connectivity index (χ1v) is 13.0. The molecule has 2 unspecified atom stereocenters. The van der Waals surface area contributed by atoms with E-state index in [9.17, 15) is 35.9 Å². The lowest BCUT2D eigenvalue weighted by Gasteiger charge is -2.51. The fourth-order valence-electron chi connectivity index (χ4n) is 4.41. The van der Waals surface area contributed by atoms with Crippen LogP contribution in [0.3, 0.4) is 0 Å². The van der Waals surface area contributed by atoms with Crippen molar-refractivity contribution in [2.24, 2.45) is 0 Å². The monoisotopic (exact) mass is 570 g/mol. The number of nitrogens with zero attached hydrogens (tertiary/aromatic N) is 4. The van der Waals surface area contributed by atoms with Gasteiger partial charge in [0.05, 0.1) is 19.4 Å². The fourth-order valence-corrected chi connectivity index (χ4v) is 4.97. The molecule has 2 aromatic rings. The van der Waals surface area contributed by atoms with E-state index in [0.29, 0.717) is 32.1 Å². The summed E-state index contributed by atoms with van der Waals surface area (Å²) in [6.07, 6.45) is -16.7. The lowest BCUT2D eigenvalue weighted by atomic mass is 9.85. The highest BCUT2D eigenvalue weighted by Gasteiger charge is 2.57. The lowest BCUT2D eigenvalue weighted by Crippen LogP contribution is -2.63. The number of ether oxygens (including phenoxy) is 1. The molecule has 9 nitrogen and oxygen atoms in total. The minimum Gasteiger partial charge on any atom is -0.465 e. The Bertz CT molecular complexity index is 1510. The van der Waals surface area contributed by atoms with E-state index in [2.05, 4.69) is 5.10 Å². The van der Waals surface area contributed by atoms with E-state index in [1.165, 1.54) is 20.8 Å². The maximum atomic E-state index is 15.1. The molecule has 1 N–H and O–H groups in total. The number of rotatable bonds is 4. The molecule has 0 radical (unpaired) electrons. The van der Waals surface area contributed by atoms with Crippen molar-refractivity contribution in [2.75, 3.05) is 6.26 Å². The second kappa shape index (κ2) is 9.45. The molecule has 1 saturated heterocycles. The number of hydrogen-bond acceptors (Lipinski definition) is 6.